The van der Waals surface area contributed by atoms with Crippen LogP contribution in [0.3, 0.4) is 0 Å². The smallest absolute Gasteiger partial charge is 0.335 e. The average Bonchev–Trinajstić information content (AvgIpc) is 2.73. The Hall–Kier alpha value is -4.27. The minimum Gasteiger partial charge on any atom is -0.488 e. The molecule has 0 saturated heterocycles. The molecule has 1 aromatic heterocycles. The monoisotopic (exact) mass is 392 g/mol. The lowest BCUT2D eigenvalue weighted by atomic mass is 10.1. The van der Waals surface area contributed by atoms with Gasteiger partial charge in [-0.3, -0.25) is 15.5 Å². The number of aromatic nitrogens is 1. The maximum absolute atomic E-state index is 10.9. The molecule has 0 aliphatic heterocycles. The zero-order valence-electron chi connectivity index (χ0n) is 15.1. The second kappa shape index (κ2) is 9.09. The highest BCUT2D eigenvalue weighted by Crippen LogP contribution is 2.18. The summed E-state index contributed by atoms with van der Waals surface area (Å²) in [6.07, 6.45) is 2.69. The van der Waals surface area contributed by atoms with Crippen LogP contribution in [0.4, 0.5) is 11.5 Å². The number of hydrogen-bond acceptors (Lipinski definition) is 7. The number of benzene rings is 2. The van der Waals surface area contributed by atoms with Crippen LogP contribution in [0.5, 0.6) is 5.75 Å². The molecule has 0 atom stereocenters. The highest BCUT2D eigenvalue weighted by molar-refractivity contribution is 5.87. The largest absolute Gasteiger partial charge is 0.488 e. The number of para-hydroxylation sites is 1. The van der Waals surface area contributed by atoms with Crippen LogP contribution in [0.15, 0.2) is 72.0 Å². The maximum atomic E-state index is 10.9. The number of carbonyl (C=O) groups is 1. The quantitative estimate of drug-likeness (QED) is 0.340. The van der Waals surface area contributed by atoms with E-state index in [-0.39, 0.29) is 17.9 Å². The van der Waals surface area contributed by atoms with Crippen LogP contribution in [0.25, 0.3) is 0 Å². The van der Waals surface area contributed by atoms with Crippen molar-refractivity contribution in [2.45, 2.75) is 6.61 Å². The maximum Gasteiger partial charge on any atom is 0.335 e. The van der Waals surface area contributed by atoms with Gasteiger partial charge in [0.05, 0.1) is 16.7 Å². The van der Waals surface area contributed by atoms with Crippen LogP contribution in [-0.4, -0.2) is 27.2 Å². The van der Waals surface area contributed by atoms with E-state index in [1.165, 1.54) is 24.3 Å². The number of carboxylic acid groups (broad SMARTS) is 1. The zero-order valence-corrected chi connectivity index (χ0v) is 15.1. The first-order valence-electron chi connectivity index (χ1n) is 8.46. The molecule has 0 saturated carbocycles. The molecule has 146 valence electrons. The summed E-state index contributed by atoms with van der Waals surface area (Å²) in [6.45, 7) is 0.266. The van der Waals surface area contributed by atoms with Gasteiger partial charge in [0.1, 0.15) is 24.4 Å². The van der Waals surface area contributed by atoms with Gasteiger partial charge in [0, 0.05) is 11.6 Å². The molecule has 0 fully saturated rings. The lowest BCUT2D eigenvalue weighted by Gasteiger charge is -2.09. The minimum absolute atomic E-state index is 0.102. The van der Waals surface area contributed by atoms with Crippen molar-refractivity contribution in [3.8, 4) is 5.75 Å². The van der Waals surface area contributed by atoms with E-state index < -0.39 is 10.9 Å². The number of hydrazone groups is 1. The highest BCUT2D eigenvalue weighted by atomic mass is 16.6. The van der Waals surface area contributed by atoms with Gasteiger partial charge in [-0.25, -0.2) is 9.78 Å². The van der Waals surface area contributed by atoms with Gasteiger partial charge in [-0.05, 0) is 35.9 Å². The summed E-state index contributed by atoms with van der Waals surface area (Å²) < 4.78 is 5.81. The summed E-state index contributed by atoms with van der Waals surface area (Å²) in [5.41, 5.74) is 4.36. The fourth-order valence-electron chi connectivity index (χ4n) is 2.35. The first kappa shape index (κ1) is 19.5. The van der Waals surface area contributed by atoms with Crippen LogP contribution in [0.2, 0.25) is 0 Å². The van der Waals surface area contributed by atoms with Crippen molar-refractivity contribution in [3.05, 3.63) is 93.7 Å². The van der Waals surface area contributed by atoms with E-state index in [0.717, 1.165) is 11.8 Å². The van der Waals surface area contributed by atoms with Crippen molar-refractivity contribution >= 4 is 23.7 Å². The fourth-order valence-corrected chi connectivity index (χ4v) is 2.35. The van der Waals surface area contributed by atoms with Crippen LogP contribution >= 0.6 is 0 Å². The molecular weight excluding hydrogens is 376 g/mol. The second-order valence-electron chi connectivity index (χ2n) is 5.86. The lowest BCUT2D eigenvalue weighted by Crippen LogP contribution is -2.01. The topological polar surface area (TPSA) is 127 Å². The molecule has 2 N–H and O–H groups in total. The number of ether oxygens (including phenoxy) is 1. The number of anilines is 1. The van der Waals surface area contributed by atoms with Gasteiger partial charge < -0.3 is 9.84 Å². The number of aromatic carboxylic acids is 1. The summed E-state index contributed by atoms with van der Waals surface area (Å²) in [5.74, 6) is -0.0187. The summed E-state index contributed by atoms with van der Waals surface area (Å²) in [7, 11) is 0. The van der Waals surface area contributed by atoms with Crippen molar-refractivity contribution in [2.75, 3.05) is 5.43 Å². The number of nitrogens with one attached hydrogen (secondary N) is 1. The summed E-state index contributed by atoms with van der Waals surface area (Å²) in [4.78, 5) is 24.9. The van der Waals surface area contributed by atoms with Crippen molar-refractivity contribution in [2.24, 2.45) is 5.10 Å². The van der Waals surface area contributed by atoms with Gasteiger partial charge in [0.2, 0.25) is 0 Å². The van der Waals surface area contributed by atoms with E-state index in [1.807, 2.05) is 18.2 Å². The molecule has 1 heterocycles. The molecule has 0 spiro atoms. The molecule has 0 aliphatic carbocycles. The number of hydrogen-bond donors (Lipinski definition) is 2. The Bertz CT molecular complexity index is 1030. The Morgan fingerprint density at radius 2 is 1.93 bits per heavy atom. The first-order chi connectivity index (χ1) is 14.0. The molecule has 3 rings (SSSR count). The summed E-state index contributed by atoms with van der Waals surface area (Å²) >= 11 is 0. The molecule has 0 amide bonds. The molecule has 0 radical (unpaired) electrons. The van der Waals surface area contributed by atoms with Crippen LogP contribution in [-0.2, 0) is 6.61 Å². The normalized spacial score (nSPS) is 10.6. The van der Waals surface area contributed by atoms with Crippen LogP contribution in [0.1, 0.15) is 21.5 Å². The van der Waals surface area contributed by atoms with Crippen molar-refractivity contribution in [1.82, 2.24) is 4.98 Å². The van der Waals surface area contributed by atoms with Gasteiger partial charge in [0.25, 0.3) is 5.69 Å². The van der Waals surface area contributed by atoms with Gasteiger partial charge in [-0.1, -0.05) is 24.3 Å². The Kier molecular flexibility index (Phi) is 6.11. The molecule has 9 heteroatoms. The number of carboxylic acids is 1. The highest BCUT2D eigenvalue weighted by Gasteiger charge is 2.06. The third-order valence-corrected chi connectivity index (χ3v) is 3.86. The molecule has 0 bridgehead atoms. The van der Waals surface area contributed by atoms with E-state index in [2.05, 4.69) is 15.5 Å². The van der Waals surface area contributed by atoms with Gasteiger partial charge in [-0.15, -0.1) is 0 Å². The Balaban J connectivity index is 1.63. The fraction of sp³-hybridized carbons (Fsp3) is 0.0500. The van der Waals surface area contributed by atoms with E-state index in [9.17, 15) is 14.9 Å². The Morgan fingerprint density at radius 3 is 2.59 bits per heavy atom. The van der Waals surface area contributed by atoms with E-state index in [4.69, 9.17) is 9.84 Å². The molecule has 0 unspecified atom stereocenters. The third-order valence-electron chi connectivity index (χ3n) is 3.86. The minimum atomic E-state index is -0.978. The molecular formula is C20H16N4O5. The van der Waals surface area contributed by atoms with Crippen LogP contribution < -0.4 is 10.2 Å². The second-order valence-corrected chi connectivity index (χ2v) is 5.86. The van der Waals surface area contributed by atoms with E-state index in [1.54, 1.807) is 24.4 Å². The first-order valence-corrected chi connectivity index (χ1v) is 8.46. The Morgan fingerprint density at radius 1 is 1.17 bits per heavy atom. The van der Waals surface area contributed by atoms with Gasteiger partial charge in [0.15, 0.2) is 0 Å². The average molecular weight is 392 g/mol. The van der Waals surface area contributed by atoms with Crippen molar-refractivity contribution in [3.63, 3.8) is 0 Å². The third kappa shape index (κ3) is 5.36. The predicted octanol–water partition coefficient (Wildman–Crippen LogP) is 3.71. The SMILES string of the molecule is O=C(O)c1ccc(COc2ccccc2C=NNc2ccc([N+](=O)[O-])cn2)cc1. The zero-order chi connectivity index (χ0) is 20.6. The Labute approximate surface area is 165 Å². The molecule has 29 heavy (non-hydrogen) atoms. The number of pyridine rings is 1. The van der Waals surface area contributed by atoms with E-state index in [0.29, 0.717) is 17.1 Å². The standard InChI is InChI=1S/C20H16N4O5/c25-20(26)15-7-5-14(6-8-15)13-29-18-4-2-1-3-16(18)11-22-23-19-10-9-17(12-21-19)24(27)28/h1-12H,13H2,(H,21,23)(H,25,26). The molecule has 9 nitrogen and oxygen atoms in total. The van der Waals surface area contributed by atoms with Gasteiger partial charge in [-0.2, -0.15) is 5.10 Å². The molecule has 2 aromatic carbocycles. The van der Waals surface area contributed by atoms with Crippen molar-refractivity contribution < 1.29 is 19.6 Å². The summed E-state index contributed by atoms with van der Waals surface area (Å²) in [5, 5.41) is 23.7. The number of nitro groups is 1. The molecule has 0 aliphatic rings. The number of rotatable bonds is 8. The summed E-state index contributed by atoms with van der Waals surface area (Å²) in [6, 6.07) is 16.5. The van der Waals surface area contributed by atoms with Gasteiger partial charge >= 0.3 is 5.97 Å². The molecule has 3 aromatic rings. The number of nitrogens with zero attached hydrogens (tertiary/aromatic N) is 3. The van der Waals surface area contributed by atoms with Crippen LogP contribution in [0, 0.1) is 10.1 Å². The predicted molar refractivity (Wildman–Crippen MR) is 106 cm³/mol. The van der Waals surface area contributed by atoms with Crippen molar-refractivity contribution in [1.29, 1.82) is 0 Å². The van der Waals surface area contributed by atoms with E-state index >= 15 is 0 Å². The lowest BCUT2D eigenvalue weighted by molar-refractivity contribution is -0.385.